The van der Waals surface area contributed by atoms with E-state index in [4.69, 9.17) is 0 Å². The number of carbonyl (C=O) groups excluding carboxylic acids is 1. The van der Waals surface area contributed by atoms with E-state index in [1.54, 1.807) is 24.3 Å². The molecule has 7 heteroatoms. The zero-order chi connectivity index (χ0) is 16.2. The maximum Gasteiger partial charge on any atom is 1.00 e. The van der Waals surface area contributed by atoms with Gasteiger partial charge in [-0.1, -0.05) is 24.0 Å². The van der Waals surface area contributed by atoms with Crippen LogP contribution in [0.1, 0.15) is 21.5 Å². The molecule has 112 valence electrons. The standard InChI is InChI=1S/C16H11BF3O2.K/c1-22-16(21)14-8-4-12(5-9-14)2-3-13-6-10-15(11-7-13)17(18,19)20;/h4-11H,1H3;/q-1;+1. The summed E-state index contributed by atoms with van der Waals surface area (Å²) < 4.78 is 42.1. The molecule has 0 aliphatic rings. The van der Waals surface area contributed by atoms with Gasteiger partial charge < -0.3 is 17.7 Å². The fourth-order valence-electron chi connectivity index (χ4n) is 1.74. The molecule has 0 N–H and O–H groups in total. The predicted octanol–water partition coefficient (Wildman–Crippen LogP) is -0.0686. The number of hydrogen-bond acceptors (Lipinski definition) is 2. The minimum atomic E-state index is -4.98. The van der Waals surface area contributed by atoms with Crippen molar-refractivity contribution in [3.05, 3.63) is 65.2 Å². The fourth-order valence-corrected chi connectivity index (χ4v) is 1.74. The molecule has 0 aromatic heterocycles. The molecular weight excluding hydrogens is 331 g/mol. The molecule has 0 spiro atoms. The van der Waals surface area contributed by atoms with Crippen LogP contribution in [0.3, 0.4) is 0 Å². The molecule has 0 fully saturated rings. The largest absolute Gasteiger partial charge is 1.00 e. The van der Waals surface area contributed by atoms with E-state index in [9.17, 15) is 17.7 Å². The average molecular weight is 342 g/mol. The van der Waals surface area contributed by atoms with Crippen LogP contribution in [0.15, 0.2) is 48.5 Å². The van der Waals surface area contributed by atoms with Crippen molar-refractivity contribution in [3.8, 4) is 11.8 Å². The number of ether oxygens (including phenoxy) is 1. The number of methoxy groups -OCH3 is 1. The second kappa shape index (κ2) is 8.71. The quantitative estimate of drug-likeness (QED) is 0.434. The van der Waals surface area contributed by atoms with Crippen LogP contribution in [0.4, 0.5) is 12.9 Å². The van der Waals surface area contributed by atoms with Crippen molar-refractivity contribution < 1.29 is 73.9 Å². The van der Waals surface area contributed by atoms with Gasteiger partial charge in [0.1, 0.15) is 0 Å². The van der Waals surface area contributed by atoms with Crippen LogP contribution in [0.25, 0.3) is 0 Å². The molecule has 0 saturated heterocycles. The van der Waals surface area contributed by atoms with Crippen LogP contribution in [-0.2, 0) is 4.74 Å². The number of halogens is 3. The van der Waals surface area contributed by atoms with Gasteiger partial charge in [0.15, 0.2) is 0 Å². The average Bonchev–Trinajstić information content (AvgIpc) is 2.52. The Kier molecular flexibility index (Phi) is 7.58. The van der Waals surface area contributed by atoms with E-state index in [1.165, 1.54) is 19.2 Å². The minimum Gasteiger partial charge on any atom is -0.465 e. The maximum atomic E-state index is 12.5. The number of hydrogen-bond donors (Lipinski definition) is 0. The zero-order valence-electron chi connectivity index (χ0n) is 12.6. The summed E-state index contributed by atoms with van der Waals surface area (Å²) in [5.74, 6) is 5.16. The normalized spacial score (nSPS) is 10.1. The van der Waals surface area contributed by atoms with Gasteiger partial charge in [0, 0.05) is 11.1 Å². The molecule has 23 heavy (non-hydrogen) atoms. The van der Waals surface area contributed by atoms with E-state index in [-0.39, 0.29) is 51.4 Å². The van der Waals surface area contributed by atoms with Gasteiger partial charge >= 0.3 is 64.3 Å². The number of benzene rings is 2. The molecule has 2 aromatic rings. The number of esters is 1. The van der Waals surface area contributed by atoms with Crippen molar-refractivity contribution in [2.45, 2.75) is 0 Å². The summed E-state index contributed by atoms with van der Waals surface area (Å²) in [6, 6.07) is 11.1. The molecular formula is C16H11BF3KO2. The molecule has 0 bridgehead atoms. The van der Waals surface area contributed by atoms with E-state index < -0.39 is 18.4 Å². The molecule has 0 radical (unpaired) electrons. The SMILES string of the molecule is COC(=O)c1ccc(C#Cc2ccc([B-](F)(F)F)cc2)cc1.[K+]. The Balaban J connectivity index is 0.00000264. The van der Waals surface area contributed by atoms with Crippen LogP contribution in [0.5, 0.6) is 0 Å². The first-order valence-corrected chi connectivity index (χ1v) is 6.40. The Bertz CT molecular complexity index is 729. The Morgan fingerprint density at radius 1 is 0.913 bits per heavy atom. The summed E-state index contributed by atoms with van der Waals surface area (Å²) in [4.78, 5) is 11.3. The van der Waals surface area contributed by atoms with E-state index in [0.717, 1.165) is 12.1 Å². The fraction of sp³-hybridized carbons (Fsp3) is 0.0625. The third kappa shape index (κ3) is 5.83. The van der Waals surface area contributed by atoms with Gasteiger partial charge in [-0.25, -0.2) is 4.79 Å². The Morgan fingerprint density at radius 2 is 1.35 bits per heavy atom. The van der Waals surface area contributed by atoms with Crippen molar-refractivity contribution >= 4 is 18.4 Å². The van der Waals surface area contributed by atoms with Gasteiger partial charge in [0.05, 0.1) is 12.7 Å². The second-order valence-corrected chi connectivity index (χ2v) is 4.52. The molecule has 0 amide bonds. The first-order chi connectivity index (χ1) is 10.4. The summed E-state index contributed by atoms with van der Waals surface area (Å²) in [7, 11) is 1.29. The minimum absolute atomic E-state index is 0. The summed E-state index contributed by atoms with van der Waals surface area (Å²) in [6.07, 6.45) is 0. The first-order valence-electron chi connectivity index (χ1n) is 6.40. The monoisotopic (exact) mass is 342 g/mol. The Morgan fingerprint density at radius 3 is 1.74 bits per heavy atom. The summed E-state index contributed by atoms with van der Waals surface area (Å²) in [5, 5.41) is 0. The van der Waals surface area contributed by atoms with Gasteiger partial charge in [0.2, 0.25) is 0 Å². The van der Waals surface area contributed by atoms with Gasteiger partial charge in [-0.05, 0) is 36.4 Å². The van der Waals surface area contributed by atoms with Crippen molar-refractivity contribution in [1.29, 1.82) is 0 Å². The van der Waals surface area contributed by atoms with E-state index in [2.05, 4.69) is 16.6 Å². The van der Waals surface area contributed by atoms with E-state index >= 15 is 0 Å². The topological polar surface area (TPSA) is 26.3 Å². The maximum absolute atomic E-state index is 12.5. The Hall–Kier alpha value is -1.04. The summed E-state index contributed by atoms with van der Waals surface area (Å²) in [5.41, 5.74) is 0.899. The number of carbonyl (C=O) groups is 1. The van der Waals surface area contributed by atoms with Gasteiger partial charge in [-0.15, -0.1) is 5.46 Å². The van der Waals surface area contributed by atoms with Crippen LogP contribution in [0.2, 0.25) is 0 Å². The molecule has 0 saturated carbocycles. The summed E-state index contributed by atoms with van der Waals surface area (Å²) in [6.45, 7) is -4.98. The van der Waals surface area contributed by atoms with Crippen molar-refractivity contribution in [1.82, 2.24) is 0 Å². The molecule has 0 atom stereocenters. The summed E-state index contributed by atoms with van der Waals surface area (Å²) >= 11 is 0. The van der Waals surface area contributed by atoms with Crippen LogP contribution < -0.4 is 56.8 Å². The second-order valence-electron chi connectivity index (χ2n) is 4.52. The van der Waals surface area contributed by atoms with Crippen molar-refractivity contribution in [2.75, 3.05) is 7.11 Å². The zero-order valence-corrected chi connectivity index (χ0v) is 15.8. The smallest absolute Gasteiger partial charge is 0.465 e. The van der Waals surface area contributed by atoms with Crippen molar-refractivity contribution in [2.24, 2.45) is 0 Å². The number of rotatable bonds is 2. The molecule has 0 aliphatic heterocycles. The molecule has 0 aliphatic carbocycles. The van der Waals surface area contributed by atoms with Crippen LogP contribution in [0, 0.1) is 11.8 Å². The first kappa shape index (κ1) is 20.0. The third-order valence-corrected chi connectivity index (χ3v) is 2.95. The van der Waals surface area contributed by atoms with Crippen LogP contribution in [-0.4, -0.2) is 20.1 Å². The van der Waals surface area contributed by atoms with Crippen molar-refractivity contribution in [3.63, 3.8) is 0 Å². The molecule has 2 nitrogen and oxygen atoms in total. The van der Waals surface area contributed by atoms with Gasteiger partial charge in [-0.3, -0.25) is 0 Å². The predicted molar refractivity (Wildman–Crippen MR) is 78.9 cm³/mol. The third-order valence-electron chi connectivity index (χ3n) is 2.95. The molecule has 0 unspecified atom stereocenters. The molecule has 2 aromatic carbocycles. The molecule has 2 rings (SSSR count). The van der Waals surface area contributed by atoms with E-state index in [1.807, 2.05) is 0 Å². The molecule has 0 heterocycles. The van der Waals surface area contributed by atoms with E-state index in [0.29, 0.717) is 16.7 Å². The van der Waals surface area contributed by atoms with Crippen LogP contribution >= 0.6 is 0 Å². The van der Waals surface area contributed by atoms with Gasteiger partial charge in [-0.2, -0.15) is 0 Å². The Labute approximate surface area is 174 Å². The van der Waals surface area contributed by atoms with Gasteiger partial charge in [0.25, 0.3) is 0 Å².